The molecule has 0 amide bonds. The molecular formula is C10H9Br2. The predicted molar refractivity (Wildman–Crippen MR) is 60.1 cm³/mol. The average molecular weight is 289 g/mol. The second-order valence-electron chi connectivity index (χ2n) is 2.52. The van der Waals surface area contributed by atoms with Crippen LogP contribution in [0.25, 0.3) is 0 Å². The van der Waals surface area contributed by atoms with Gasteiger partial charge in [0.25, 0.3) is 0 Å². The van der Waals surface area contributed by atoms with E-state index in [9.17, 15) is 0 Å². The van der Waals surface area contributed by atoms with Crippen LogP contribution in [-0.4, -0.2) is 0 Å². The van der Waals surface area contributed by atoms with Gasteiger partial charge < -0.3 is 0 Å². The highest BCUT2D eigenvalue weighted by Crippen LogP contribution is 2.26. The van der Waals surface area contributed by atoms with Gasteiger partial charge in [0.15, 0.2) is 0 Å². The molecule has 0 aliphatic heterocycles. The zero-order valence-electron chi connectivity index (χ0n) is 6.77. The number of hydrogen-bond donors (Lipinski definition) is 0. The van der Waals surface area contributed by atoms with Crippen LogP contribution in [0.1, 0.15) is 12.5 Å². The van der Waals surface area contributed by atoms with Gasteiger partial charge in [0.05, 0.1) is 0 Å². The molecule has 0 unspecified atom stereocenters. The van der Waals surface area contributed by atoms with Crippen LogP contribution >= 0.6 is 31.9 Å². The SMILES string of the molecule is C=C[C](C)c1ccc(Br)c(Br)c1. The molecule has 12 heavy (non-hydrogen) atoms. The number of rotatable bonds is 2. The topological polar surface area (TPSA) is 0 Å². The fraction of sp³-hybridized carbons (Fsp3) is 0.100. The van der Waals surface area contributed by atoms with Crippen molar-refractivity contribution >= 4 is 31.9 Å². The van der Waals surface area contributed by atoms with Crippen LogP contribution in [0.15, 0.2) is 39.8 Å². The van der Waals surface area contributed by atoms with Gasteiger partial charge in [-0.15, -0.1) is 6.58 Å². The van der Waals surface area contributed by atoms with E-state index in [0.29, 0.717) is 0 Å². The first kappa shape index (κ1) is 10.0. The van der Waals surface area contributed by atoms with Crippen LogP contribution in [-0.2, 0) is 0 Å². The summed E-state index contributed by atoms with van der Waals surface area (Å²) in [6.45, 7) is 5.77. The van der Waals surface area contributed by atoms with E-state index >= 15 is 0 Å². The Hall–Kier alpha value is -0.0800. The summed E-state index contributed by atoms with van der Waals surface area (Å²) < 4.78 is 2.14. The molecule has 0 saturated heterocycles. The Kier molecular flexibility index (Phi) is 3.53. The van der Waals surface area contributed by atoms with E-state index < -0.39 is 0 Å². The summed E-state index contributed by atoms with van der Waals surface area (Å²) >= 11 is 6.87. The molecule has 0 nitrogen and oxygen atoms in total. The van der Waals surface area contributed by atoms with Crippen LogP contribution in [0.3, 0.4) is 0 Å². The lowest BCUT2D eigenvalue weighted by Crippen LogP contribution is -1.88. The Labute approximate surface area is 89.9 Å². The van der Waals surface area contributed by atoms with E-state index in [-0.39, 0.29) is 0 Å². The van der Waals surface area contributed by atoms with E-state index in [1.165, 1.54) is 11.5 Å². The minimum atomic E-state index is 1.07. The molecule has 1 radical (unpaired) electrons. The molecule has 1 aromatic carbocycles. The molecule has 1 rings (SSSR count). The molecule has 0 aromatic heterocycles. The summed E-state index contributed by atoms with van der Waals surface area (Å²) in [5.41, 5.74) is 1.19. The molecule has 0 aliphatic carbocycles. The van der Waals surface area contributed by atoms with Gasteiger partial charge in [-0.1, -0.05) is 19.1 Å². The van der Waals surface area contributed by atoms with Crippen LogP contribution in [0, 0.1) is 5.92 Å². The third kappa shape index (κ3) is 2.20. The van der Waals surface area contributed by atoms with Crippen LogP contribution in [0.2, 0.25) is 0 Å². The molecule has 0 spiro atoms. The van der Waals surface area contributed by atoms with Crippen LogP contribution in [0.5, 0.6) is 0 Å². The fourth-order valence-corrected chi connectivity index (χ4v) is 1.48. The van der Waals surface area contributed by atoms with Crippen molar-refractivity contribution in [3.63, 3.8) is 0 Å². The maximum Gasteiger partial charge on any atom is 0.0320 e. The number of halogens is 2. The molecule has 0 atom stereocenters. The van der Waals surface area contributed by atoms with E-state index in [1.54, 1.807) is 0 Å². The van der Waals surface area contributed by atoms with Crippen molar-refractivity contribution < 1.29 is 0 Å². The third-order valence-corrected chi connectivity index (χ3v) is 3.56. The molecule has 1 aromatic rings. The second kappa shape index (κ2) is 4.24. The third-order valence-electron chi connectivity index (χ3n) is 1.68. The van der Waals surface area contributed by atoms with Crippen molar-refractivity contribution in [3.05, 3.63) is 51.3 Å². The monoisotopic (exact) mass is 287 g/mol. The Bertz CT molecular complexity index is 292. The number of benzene rings is 1. The van der Waals surface area contributed by atoms with E-state index in [2.05, 4.69) is 50.6 Å². The zero-order valence-corrected chi connectivity index (χ0v) is 9.94. The fourth-order valence-electron chi connectivity index (χ4n) is 0.859. The Morgan fingerprint density at radius 2 is 2.00 bits per heavy atom. The molecule has 0 heterocycles. The lowest BCUT2D eigenvalue weighted by Gasteiger charge is -2.06. The standard InChI is InChI=1S/C10H9Br2/c1-3-7(2)8-4-5-9(11)10(12)6-8/h3-6H,1H2,2H3. The van der Waals surface area contributed by atoms with Gasteiger partial charge in [-0.05, 0) is 49.6 Å². The quantitative estimate of drug-likeness (QED) is 0.759. The number of hydrogen-bond acceptors (Lipinski definition) is 0. The molecule has 0 aliphatic rings. The zero-order chi connectivity index (χ0) is 9.14. The van der Waals surface area contributed by atoms with Crippen molar-refractivity contribution in [1.29, 1.82) is 0 Å². The summed E-state index contributed by atoms with van der Waals surface area (Å²) in [6, 6.07) is 6.15. The molecule has 0 bridgehead atoms. The summed E-state index contributed by atoms with van der Waals surface area (Å²) in [5.74, 6) is 1.18. The van der Waals surface area contributed by atoms with Crippen molar-refractivity contribution in [2.24, 2.45) is 0 Å². The van der Waals surface area contributed by atoms with E-state index in [0.717, 1.165) is 8.95 Å². The van der Waals surface area contributed by atoms with Crippen LogP contribution < -0.4 is 0 Å². The maximum absolute atomic E-state index is 3.73. The normalized spacial score (nSPS) is 10.3. The highest BCUT2D eigenvalue weighted by molar-refractivity contribution is 9.13. The summed E-state index contributed by atoms with van der Waals surface area (Å²) in [4.78, 5) is 0. The lowest BCUT2D eigenvalue weighted by molar-refractivity contribution is 1.25. The molecule has 0 saturated carbocycles. The molecule has 63 valence electrons. The first-order chi connectivity index (χ1) is 5.65. The Balaban J connectivity index is 3.04. The summed E-state index contributed by atoms with van der Waals surface area (Å²) in [7, 11) is 0. The van der Waals surface area contributed by atoms with E-state index in [1.807, 2.05) is 19.1 Å². The van der Waals surface area contributed by atoms with Crippen LogP contribution in [0.4, 0.5) is 0 Å². The molecule has 0 N–H and O–H groups in total. The van der Waals surface area contributed by atoms with Crippen molar-refractivity contribution in [1.82, 2.24) is 0 Å². The largest absolute Gasteiger partial charge is 0.102 e. The minimum absolute atomic E-state index is 1.07. The second-order valence-corrected chi connectivity index (χ2v) is 4.22. The maximum atomic E-state index is 3.73. The van der Waals surface area contributed by atoms with Gasteiger partial charge in [-0.2, -0.15) is 0 Å². The predicted octanol–water partition coefficient (Wildman–Crippen LogP) is 4.34. The smallest absolute Gasteiger partial charge is 0.0320 e. The molecule has 0 fully saturated rings. The first-order valence-corrected chi connectivity index (χ1v) is 5.15. The highest BCUT2D eigenvalue weighted by Gasteiger charge is 2.03. The van der Waals surface area contributed by atoms with Crippen molar-refractivity contribution in [2.45, 2.75) is 6.92 Å². The van der Waals surface area contributed by atoms with E-state index in [4.69, 9.17) is 0 Å². The lowest BCUT2D eigenvalue weighted by atomic mass is 10.0. The first-order valence-electron chi connectivity index (χ1n) is 3.56. The summed E-state index contributed by atoms with van der Waals surface area (Å²) in [5, 5.41) is 0. The van der Waals surface area contributed by atoms with Gasteiger partial charge >= 0.3 is 0 Å². The Morgan fingerprint density at radius 3 is 2.50 bits per heavy atom. The minimum Gasteiger partial charge on any atom is -0.102 e. The number of allylic oxidation sites excluding steroid dienone is 1. The average Bonchev–Trinajstić information content (AvgIpc) is 2.08. The summed E-state index contributed by atoms with van der Waals surface area (Å²) in [6.07, 6.45) is 1.86. The van der Waals surface area contributed by atoms with Gasteiger partial charge in [0.2, 0.25) is 0 Å². The van der Waals surface area contributed by atoms with Crippen molar-refractivity contribution in [2.75, 3.05) is 0 Å². The molecular weight excluding hydrogens is 280 g/mol. The van der Waals surface area contributed by atoms with Gasteiger partial charge in [0, 0.05) is 14.9 Å². The van der Waals surface area contributed by atoms with Crippen molar-refractivity contribution in [3.8, 4) is 0 Å². The Morgan fingerprint density at radius 1 is 1.33 bits per heavy atom. The molecule has 2 heteroatoms. The highest BCUT2D eigenvalue weighted by atomic mass is 79.9. The van der Waals surface area contributed by atoms with Gasteiger partial charge in [-0.25, -0.2) is 0 Å². The van der Waals surface area contributed by atoms with Gasteiger partial charge in [-0.3, -0.25) is 0 Å². The van der Waals surface area contributed by atoms with Gasteiger partial charge in [0.1, 0.15) is 0 Å².